The van der Waals surface area contributed by atoms with Gasteiger partial charge in [-0.1, -0.05) is 53.5 Å². The molecule has 0 spiro atoms. The highest BCUT2D eigenvalue weighted by molar-refractivity contribution is 6.34. The Morgan fingerprint density at radius 1 is 1.06 bits per heavy atom. The van der Waals surface area contributed by atoms with Gasteiger partial charge in [0.2, 0.25) is 0 Å². The smallest absolute Gasteiger partial charge is 0.263 e. The summed E-state index contributed by atoms with van der Waals surface area (Å²) < 4.78 is 5.87. The van der Waals surface area contributed by atoms with Crippen molar-refractivity contribution in [2.75, 3.05) is 5.32 Å². The van der Waals surface area contributed by atoms with Crippen LogP contribution in [-0.2, 0) is 17.9 Å². The van der Waals surface area contributed by atoms with Crippen LogP contribution in [0.2, 0.25) is 10.0 Å². The first-order chi connectivity index (χ1) is 14.9. The number of rotatable bonds is 4. The highest BCUT2D eigenvalue weighted by Crippen LogP contribution is 2.30. The van der Waals surface area contributed by atoms with Crippen molar-refractivity contribution < 1.29 is 14.3 Å². The number of hydrogen-bond donors (Lipinski definition) is 1. The fourth-order valence-corrected chi connectivity index (χ4v) is 3.90. The minimum atomic E-state index is -0.632. The van der Waals surface area contributed by atoms with Crippen LogP contribution in [0.15, 0.2) is 66.7 Å². The molecule has 3 aromatic carbocycles. The molecular weight excluding hydrogens is 435 g/mol. The maximum atomic E-state index is 12.9. The Labute approximate surface area is 190 Å². The van der Waals surface area contributed by atoms with E-state index in [4.69, 9.17) is 27.9 Å². The van der Waals surface area contributed by atoms with Crippen LogP contribution in [0.4, 0.5) is 5.69 Å². The highest BCUT2D eigenvalue weighted by atomic mass is 35.5. The summed E-state index contributed by atoms with van der Waals surface area (Å²) in [5.74, 6) is 0.175. The zero-order chi connectivity index (χ0) is 22.0. The lowest BCUT2D eigenvalue weighted by Crippen LogP contribution is -2.37. The lowest BCUT2D eigenvalue weighted by atomic mass is 10.1. The molecule has 1 aliphatic heterocycles. The molecule has 1 unspecified atom stereocenters. The van der Waals surface area contributed by atoms with Crippen LogP contribution in [0, 0.1) is 0 Å². The third-order valence-electron chi connectivity index (χ3n) is 5.08. The third-order valence-corrected chi connectivity index (χ3v) is 5.78. The summed E-state index contributed by atoms with van der Waals surface area (Å²) in [6.07, 6.45) is -0.632. The molecule has 0 saturated heterocycles. The monoisotopic (exact) mass is 454 g/mol. The van der Waals surface area contributed by atoms with Gasteiger partial charge in [0.15, 0.2) is 6.10 Å². The number of carbonyl (C=O) groups is 2. The van der Waals surface area contributed by atoms with E-state index in [1.54, 1.807) is 54.3 Å². The normalized spacial score (nSPS) is 15.6. The summed E-state index contributed by atoms with van der Waals surface area (Å²) in [7, 11) is 0. The lowest BCUT2D eigenvalue weighted by molar-refractivity contribution is -0.138. The molecule has 1 atom stereocenters. The molecule has 1 heterocycles. The number of benzene rings is 3. The molecule has 3 aromatic rings. The Hall–Kier alpha value is -3.02. The van der Waals surface area contributed by atoms with Gasteiger partial charge in [0.25, 0.3) is 11.8 Å². The molecule has 0 fully saturated rings. The topological polar surface area (TPSA) is 58.6 Å². The second-order valence-electron chi connectivity index (χ2n) is 7.30. The summed E-state index contributed by atoms with van der Waals surface area (Å²) in [6.45, 7) is 2.42. The van der Waals surface area contributed by atoms with Gasteiger partial charge in [-0.25, -0.2) is 0 Å². The van der Waals surface area contributed by atoms with E-state index < -0.39 is 6.10 Å². The van der Waals surface area contributed by atoms with Crippen LogP contribution < -0.4 is 10.1 Å². The summed E-state index contributed by atoms with van der Waals surface area (Å²) in [6, 6.07) is 19.6. The van der Waals surface area contributed by atoms with Crippen molar-refractivity contribution in [3.63, 3.8) is 0 Å². The third kappa shape index (κ3) is 4.68. The lowest BCUT2D eigenvalue weighted by Gasteiger charge is -2.22. The Balaban J connectivity index is 1.59. The molecule has 5 nitrogen and oxygen atoms in total. The predicted molar refractivity (Wildman–Crippen MR) is 122 cm³/mol. The van der Waals surface area contributed by atoms with Gasteiger partial charge in [-0.05, 0) is 48.9 Å². The molecule has 0 aromatic heterocycles. The van der Waals surface area contributed by atoms with Crippen LogP contribution in [0.1, 0.15) is 28.4 Å². The number of nitrogens with one attached hydrogen (secondary N) is 1. The molecule has 158 valence electrons. The second kappa shape index (κ2) is 9.00. The Morgan fingerprint density at radius 2 is 1.77 bits per heavy atom. The Morgan fingerprint density at radius 3 is 2.52 bits per heavy atom. The van der Waals surface area contributed by atoms with Crippen LogP contribution in [0.5, 0.6) is 5.75 Å². The minimum absolute atomic E-state index is 0.127. The van der Waals surface area contributed by atoms with Crippen LogP contribution in [-0.4, -0.2) is 22.8 Å². The Bertz CT molecular complexity index is 1150. The van der Waals surface area contributed by atoms with Crippen molar-refractivity contribution >= 4 is 40.7 Å². The number of fused-ring (bicyclic) bond motifs is 1. The van der Waals surface area contributed by atoms with Gasteiger partial charge < -0.3 is 15.0 Å². The number of hydrogen-bond acceptors (Lipinski definition) is 3. The molecule has 0 aliphatic carbocycles. The van der Waals surface area contributed by atoms with Crippen molar-refractivity contribution in [1.29, 1.82) is 0 Å². The molecule has 0 saturated carbocycles. The van der Waals surface area contributed by atoms with Crippen molar-refractivity contribution in [3.05, 3.63) is 93.5 Å². The van der Waals surface area contributed by atoms with Crippen LogP contribution >= 0.6 is 23.2 Å². The van der Waals surface area contributed by atoms with Crippen molar-refractivity contribution in [1.82, 2.24) is 4.90 Å². The molecule has 0 bridgehead atoms. The van der Waals surface area contributed by atoms with E-state index in [1.165, 1.54) is 0 Å². The maximum Gasteiger partial charge on any atom is 0.263 e. The number of amides is 2. The van der Waals surface area contributed by atoms with Gasteiger partial charge in [-0.3, -0.25) is 9.59 Å². The zero-order valence-electron chi connectivity index (χ0n) is 16.8. The summed E-state index contributed by atoms with van der Waals surface area (Å²) in [5.41, 5.74) is 2.63. The Kier molecular flexibility index (Phi) is 6.16. The van der Waals surface area contributed by atoms with Crippen molar-refractivity contribution in [3.8, 4) is 5.75 Å². The number of nitrogens with zero attached hydrogens (tertiary/aromatic N) is 1. The molecule has 7 heteroatoms. The SMILES string of the molecule is CC1Oc2ccc(NC(=O)c3ccccc3Cl)cc2CN(Cc2ccccc2Cl)C1=O. The van der Waals surface area contributed by atoms with Crippen LogP contribution in [0.25, 0.3) is 0 Å². The number of carbonyl (C=O) groups excluding carboxylic acids is 2. The molecule has 4 rings (SSSR count). The number of ether oxygens (including phenoxy) is 1. The van der Waals surface area contributed by atoms with Crippen molar-refractivity contribution in [2.45, 2.75) is 26.1 Å². The molecular formula is C24H20Cl2N2O3. The van der Waals surface area contributed by atoms with E-state index in [-0.39, 0.29) is 11.8 Å². The van der Waals surface area contributed by atoms with E-state index in [0.717, 1.165) is 11.1 Å². The highest BCUT2D eigenvalue weighted by Gasteiger charge is 2.28. The number of halogens is 2. The predicted octanol–water partition coefficient (Wildman–Crippen LogP) is 5.56. The first kappa shape index (κ1) is 21.2. The minimum Gasteiger partial charge on any atom is -0.481 e. The van der Waals surface area contributed by atoms with E-state index in [1.807, 2.05) is 24.3 Å². The molecule has 31 heavy (non-hydrogen) atoms. The first-order valence-electron chi connectivity index (χ1n) is 9.80. The maximum absolute atomic E-state index is 12.9. The van der Waals surface area contributed by atoms with Gasteiger partial charge in [-0.2, -0.15) is 0 Å². The van der Waals surface area contributed by atoms with Gasteiger partial charge in [0, 0.05) is 29.4 Å². The second-order valence-corrected chi connectivity index (χ2v) is 8.12. The van der Waals surface area contributed by atoms with Crippen LogP contribution in [0.3, 0.4) is 0 Å². The zero-order valence-corrected chi connectivity index (χ0v) is 18.3. The van der Waals surface area contributed by atoms with Gasteiger partial charge in [0.05, 0.1) is 10.6 Å². The largest absolute Gasteiger partial charge is 0.481 e. The van der Waals surface area contributed by atoms with Gasteiger partial charge in [-0.15, -0.1) is 0 Å². The summed E-state index contributed by atoms with van der Waals surface area (Å²) in [5, 5.41) is 3.85. The molecule has 1 N–H and O–H groups in total. The summed E-state index contributed by atoms with van der Waals surface area (Å²) in [4.78, 5) is 27.2. The van der Waals surface area contributed by atoms with Gasteiger partial charge >= 0.3 is 0 Å². The summed E-state index contributed by atoms with van der Waals surface area (Å²) >= 11 is 12.4. The van der Waals surface area contributed by atoms with E-state index in [2.05, 4.69) is 5.32 Å². The average Bonchev–Trinajstić information content (AvgIpc) is 2.86. The molecule has 0 radical (unpaired) electrons. The first-order valence-corrected chi connectivity index (χ1v) is 10.6. The van der Waals surface area contributed by atoms with E-state index in [0.29, 0.717) is 40.1 Å². The fraction of sp³-hybridized carbons (Fsp3) is 0.167. The molecule has 2 amide bonds. The quantitative estimate of drug-likeness (QED) is 0.561. The number of anilines is 1. The van der Waals surface area contributed by atoms with E-state index >= 15 is 0 Å². The standard InChI is InChI=1S/C24H20Cl2N2O3/c1-15-24(30)28(13-16-6-2-4-8-20(16)25)14-17-12-18(10-11-22(17)31-15)27-23(29)19-7-3-5-9-21(19)26/h2-12,15H,13-14H2,1H3,(H,27,29). The van der Waals surface area contributed by atoms with Gasteiger partial charge in [0.1, 0.15) is 5.75 Å². The fourth-order valence-electron chi connectivity index (χ4n) is 3.49. The average molecular weight is 455 g/mol. The van der Waals surface area contributed by atoms with Crippen molar-refractivity contribution in [2.24, 2.45) is 0 Å². The molecule has 1 aliphatic rings. The van der Waals surface area contributed by atoms with E-state index in [9.17, 15) is 9.59 Å².